The first-order valence-electron chi connectivity index (χ1n) is 4.88. The van der Waals surface area contributed by atoms with Crippen molar-refractivity contribution in [1.82, 2.24) is 9.97 Å². The minimum atomic E-state index is 0.0381. The summed E-state index contributed by atoms with van der Waals surface area (Å²) in [6.45, 7) is 0.0762. The van der Waals surface area contributed by atoms with E-state index in [0.717, 1.165) is 0 Å². The van der Waals surface area contributed by atoms with Gasteiger partial charge >= 0.3 is 0 Å². The molecule has 0 atom stereocenters. The van der Waals surface area contributed by atoms with E-state index in [1.54, 1.807) is 12.4 Å². The average molecular weight is 216 g/mol. The van der Waals surface area contributed by atoms with E-state index in [2.05, 4.69) is 33.6 Å². The Kier molecular flexibility index (Phi) is 5.65. The van der Waals surface area contributed by atoms with Gasteiger partial charge in [-0.2, -0.15) is 0 Å². The quantitative estimate of drug-likeness (QED) is 0.680. The third-order valence-electron chi connectivity index (χ3n) is 1.54. The number of aliphatic hydroxyl groups excluding tert-OH is 2. The monoisotopic (exact) mass is 216 g/mol. The van der Waals surface area contributed by atoms with Crippen LogP contribution in [-0.2, 0) is 0 Å². The van der Waals surface area contributed by atoms with Gasteiger partial charge in [0, 0.05) is 12.8 Å². The van der Waals surface area contributed by atoms with Crippen LogP contribution < -0.4 is 0 Å². The van der Waals surface area contributed by atoms with Crippen molar-refractivity contribution in [1.29, 1.82) is 0 Å². The first-order chi connectivity index (χ1) is 7.86. The molecule has 1 heterocycles. The summed E-state index contributed by atoms with van der Waals surface area (Å²) in [5, 5.41) is 17.1. The molecule has 4 heteroatoms. The summed E-state index contributed by atoms with van der Waals surface area (Å²) in [6.07, 6.45) is 3.92. The van der Waals surface area contributed by atoms with Gasteiger partial charge in [0.15, 0.2) is 0 Å². The SMILES string of the molecule is OCCC#Cc1cncc(C#CCCO)n1. The molecule has 0 aromatic carbocycles. The molecule has 0 radical (unpaired) electrons. The Bertz CT molecular complexity index is 410. The third-order valence-corrected chi connectivity index (χ3v) is 1.54. The summed E-state index contributed by atoms with van der Waals surface area (Å²) in [5.74, 6) is 11.1. The molecule has 0 saturated heterocycles. The second-order valence-corrected chi connectivity index (χ2v) is 2.84. The minimum absolute atomic E-state index is 0.0381. The van der Waals surface area contributed by atoms with E-state index in [1.165, 1.54) is 0 Å². The summed E-state index contributed by atoms with van der Waals surface area (Å²) in [4.78, 5) is 8.09. The topological polar surface area (TPSA) is 66.2 Å². The van der Waals surface area contributed by atoms with Crippen LogP contribution in [0, 0.1) is 23.7 Å². The molecule has 0 spiro atoms. The lowest BCUT2D eigenvalue weighted by atomic mass is 10.3. The molecule has 1 aromatic heterocycles. The highest BCUT2D eigenvalue weighted by Gasteiger charge is 1.91. The number of aliphatic hydroxyl groups is 2. The Balaban J connectivity index is 2.73. The van der Waals surface area contributed by atoms with Crippen LogP contribution in [0.25, 0.3) is 0 Å². The van der Waals surface area contributed by atoms with Gasteiger partial charge in [0.05, 0.1) is 25.6 Å². The van der Waals surface area contributed by atoms with E-state index in [0.29, 0.717) is 24.2 Å². The van der Waals surface area contributed by atoms with Gasteiger partial charge in [0.1, 0.15) is 11.4 Å². The van der Waals surface area contributed by atoms with Crippen molar-refractivity contribution in [2.75, 3.05) is 13.2 Å². The lowest BCUT2D eigenvalue weighted by molar-refractivity contribution is 0.304. The van der Waals surface area contributed by atoms with E-state index in [9.17, 15) is 0 Å². The summed E-state index contributed by atoms with van der Waals surface area (Å²) in [6, 6.07) is 0. The summed E-state index contributed by atoms with van der Waals surface area (Å²) < 4.78 is 0. The average Bonchev–Trinajstić information content (AvgIpc) is 2.30. The van der Waals surface area contributed by atoms with Gasteiger partial charge in [-0.1, -0.05) is 11.8 Å². The molecule has 0 saturated carbocycles. The number of aromatic nitrogens is 2. The van der Waals surface area contributed by atoms with Crippen molar-refractivity contribution >= 4 is 0 Å². The molecule has 1 aromatic rings. The van der Waals surface area contributed by atoms with Gasteiger partial charge in [-0.15, -0.1) is 0 Å². The molecule has 4 nitrogen and oxygen atoms in total. The molecule has 0 fully saturated rings. The first-order valence-corrected chi connectivity index (χ1v) is 4.88. The highest BCUT2D eigenvalue weighted by atomic mass is 16.3. The molecule has 82 valence electrons. The van der Waals surface area contributed by atoms with Crippen LogP contribution in [0.5, 0.6) is 0 Å². The van der Waals surface area contributed by atoms with Crippen LogP contribution in [-0.4, -0.2) is 33.4 Å². The smallest absolute Gasteiger partial charge is 0.132 e. The van der Waals surface area contributed by atoms with Crippen molar-refractivity contribution in [3.05, 3.63) is 23.8 Å². The lowest BCUT2D eigenvalue weighted by Crippen LogP contribution is -1.90. The fourth-order valence-corrected chi connectivity index (χ4v) is 0.904. The molecular formula is C12H12N2O2. The predicted octanol–water partition coefficient (Wildman–Crippen LogP) is -0.0556. The van der Waals surface area contributed by atoms with E-state index < -0.39 is 0 Å². The Morgan fingerprint density at radius 3 is 1.88 bits per heavy atom. The second-order valence-electron chi connectivity index (χ2n) is 2.84. The zero-order valence-corrected chi connectivity index (χ0v) is 8.77. The fraction of sp³-hybridized carbons (Fsp3) is 0.333. The van der Waals surface area contributed by atoms with Crippen molar-refractivity contribution in [3.63, 3.8) is 0 Å². The molecule has 0 aliphatic heterocycles. The van der Waals surface area contributed by atoms with Gasteiger partial charge < -0.3 is 10.2 Å². The van der Waals surface area contributed by atoms with Crippen molar-refractivity contribution in [2.45, 2.75) is 12.8 Å². The zero-order chi connectivity index (χ0) is 11.6. The van der Waals surface area contributed by atoms with E-state index >= 15 is 0 Å². The highest BCUT2D eigenvalue weighted by molar-refractivity contribution is 5.31. The first kappa shape index (κ1) is 12.2. The Hall–Kier alpha value is -1.88. The lowest BCUT2D eigenvalue weighted by Gasteiger charge is -1.90. The largest absolute Gasteiger partial charge is 0.395 e. The maximum Gasteiger partial charge on any atom is 0.132 e. The molecular weight excluding hydrogens is 204 g/mol. The molecule has 2 N–H and O–H groups in total. The third kappa shape index (κ3) is 4.56. The Morgan fingerprint density at radius 1 is 0.938 bits per heavy atom. The van der Waals surface area contributed by atoms with Crippen molar-refractivity contribution < 1.29 is 10.2 Å². The Morgan fingerprint density at radius 2 is 1.44 bits per heavy atom. The number of hydrogen-bond acceptors (Lipinski definition) is 4. The second kappa shape index (κ2) is 7.42. The predicted molar refractivity (Wildman–Crippen MR) is 59.2 cm³/mol. The molecule has 0 bridgehead atoms. The maximum atomic E-state index is 8.56. The van der Waals surface area contributed by atoms with Gasteiger partial charge in [0.25, 0.3) is 0 Å². The minimum Gasteiger partial charge on any atom is -0.395 e. The van der Waals surface area contributed by atoms with Crippen LogP contribution in [0.3, 0.4) is 0 Å². The highest BCUT2D eigenvalue weighted by Crippen LogP contribution is 1.93. The number of hydrogen-bond donors (Lipinski definition) is 2. The van der Waals surface area contributed by atoms with E-state index in [1.807, 2.05) is 0 Å². The molecule has 16 heavy (non-hydrogen) atoms. The van der Waals surface area contributed by atoms with Crippen LogP contribution in [0.15, 0.2) is 12.4 Å². The Labute approximate surface area is 94.4 Å². The van der Waals surface area contributed by atoms with Crippen LogP contribution in [0.1, 0.15) is 24.2 Å². The van der Waals surface area contributed by atoms with Crippen molar-refractivity contribution in [2.24, 2.45) is 0 Å². The summed E-state index contributed by atoms with van der Waals surface area (Å²) in [7, 11) is 0. The van der Waals surface area contributed by atoms with Crippen LogP contribution >= 0.6 is 0 Å². The molecule has 0 aliphatic carbocycles. The van der Waals surface area contributed by atoms with Crippen LogP contribution in [0.2, 0.25) is 0 Å². The van der Waals surface area contributed by atoms with Gasteiger partial charge in [0.2, 0.25) is 0 Å². The van der Waals surface area contributed by atoms with Gasteiger partial charge in [-0.25, -0.2) is 4.98 Å². The summed E-state index contributed by atoms with van der Waals surface area (Å²) >= 11 is 0. The normalized spacial score (nSPS) is 8.62. The van der Waals surface area contributed by atoms with Crippen LogP contribution in [0.4, 0.5) is 0 Å². The van der Waals surface area contributed by atoms with Gasteiger partial charge in [-0.05, 0) is 11.8 Å². The molecule has 0 amide bonds. The maximum absolute atomic E-state index is 8.56. The molecule has 0 unspecified atom stereocenters. The van der Waals surface area contributed by atoms with E-state index in [4.69, 9.17) is 10.2 Å². The number of nitrogens with zero attached hydrogens (tertiary/aromatic N) is 2. The molecule has 1 rings (SSSR count). The van der Waals surface area contributed by atoms with E-state index in [-0.39, 0.29) is 13.2 Å². The standard InChI is InChI=1S/C12H12N2O2/c15-7-3-1-5-11-9-13-10-12(14-11)6-2-4-8-16/h9-10,15-16H,3-4,7-8H2. The summed E-state index contributed by atoms with van der Waals surface area (Å²) in [5.41, 5.74) is 1.06. The van der Waals surface area contributed by atoms with Gasteiger partial charge in [-0.3, -0.25) is 4.98 Å². The molecule has 0 aliphatic rings. The fourth-order valence-electron chi connectivity index (χ4n) is 0.904. The van der Waals surface area contributed by atoms with Crippen molar-refractivity contribution in [3.8, 4) is 23.7 Å². The zero-order valence-electron chi connectivity index (χ0n) is 8.77. The number of rotatable bonds is 2.